The Hall–Kier alpha value is -0.990. The molecule has 0 saturated carbocycles. The third-order valence-corrected chi connectivity index (χ3v) is 3.20. The number of benzene rings is 1. The number of hydrogen-bond acceptors (Lipinski definition) is 2. The number of rotatable bonds is 5. The van der Waals surface area contributed by atoms with Crippen molar-refractivity contribution in [2.45, 2.75) is 38.4 Å². The van der Waals surface area contributed by atoms with Crippen molar-refractivity contribution in [2.75, 3.05) is 6.61 Å². The first-order chi connectivity index (χ1) is 8.74. The Morgan fingerprint density at radius 3 is 2.72 bits per heavy atom. The van der Waals surface area contributed by atoms with Crippen LogP contribution in [0.2, 0.25) is 0 Å². The predicted octanol–water partition coefficient (Wildman–Crippen LogP) is 4.28. The standard InChI is InChI=1S/C15H19ClO2/c1-12(16)5-6-13-7-9-14(10-8-13)18-15-4-2-3-11-17-15/h7-10,15H,1-6,11H2. The second-order valence-electron chi connectivity index (χ2n) is 4.58. The summed E-state index contributed by atoms with van der Waals surface area (Å²) < 4.78 is 11.3. The second kappa shape index (κ2) is 6.81. The maximum absolute atomic E-state index is 5.77. The van der Waals surface area contributed by atoms with Crippen LogP contribution in [-0.4, -0.2) is 12.9 Å². The molecule has 0 amide bonds. The van der Waals surface area contributed by atoms with Gasteiger partial charge in [0.1, 0.15) is 5.75 Å². The quantitative estimate of drug-likeness (QED) is 0.792. The van der Waals surface area contributed by atoms with E-state index in [1.165, 1.54) is 12.0 Å². The number of hydrogen-bond donors (Lipinski definition) is 0. The Morgan fingerprint density at radius 1 is 1.33 bits per heavy atom. The highest BCUT2D eigenvalue weighted by Crippen LogP contribution is 2.20. The van der Waals surface area contributed by atoms with Crippen molar-refractivity contribution in [1.82, 2.24) is 0 Å². The van der Waals surface area contributed by atoms with Gasteiger partial charge in [0.15, 0.2) is 6.29 Å². The second-order valence-corrected chi connectivity index (χ2v) is 5.11. The summed E-state index contributed by atoms with van der Waals surface area (Å²) in [6, 6.07) is 8.12. The molecular formula is C15H19ClO2. The van der Waals surface area contributed by atoms with Crippen LogP contribution in [0.1, 0.15) is 31.2 Å². The zero-order valence-electron chi connectivity index (χ0n) is 10.5. The Morgan fingerprint density at radius 2 is 2.11 bits per heavy atom. The lowest BCUT2D eigenvalue weighted by Gasteiger charge is -2.23. The molecule has 0 bridgehead atoms. The Labute approximate surface area is 114 Å². The van der Waals surface area contributed by atoms with E-state index < -0.39 is 0 Å². The van der Waals surface area contributed by atoms with Crippen LogP contribution in [0.3, 0.4) is 0 Å². The van der Waals surface area contributed by atoms with Crippen molar-refractivity contribution < 1.29 is 9.47 Å². The van der Waals surface area contributed by atoms with E-state index in [0.29, 0.717) is 5.03 Å². The number of allylic oxidation sites excluding steroid dienone is 1. The molecule has 2 nitrogen and oxygen atoms in total. The van der Waals surface area contributed by atoms with Crippen molar-refractivity contribution in [1.29, 1.82) is 0 Å². The zero-order valence-corrected chi connectivity index (χ0v) is 11.3. The molecule has 1 aromatic carbocycles. The molecule has 1 unspecified atom stereocenters. The van der Waals surface area contributed by atoms with Gasteiger partial charge in [-0.3, -0.25) is 0 Å². The summed E-state index contributed by atoms with van der Waals surface area (Å²) in [5, 5.41) is 0.700. The molecule has 0 aliphatic carbocycles. The minimum Gasteiger partial charge on any atom is -0.465 e. The molecule has 0 aromatic heterocycles. The van der Waals surface area contributed by atoms with Crippen molar-refractivity contribution in [3.8, 4) is 5.75 Å². The topological polar surface area (TPSA) is 18.5 Å². The van der Waals surface area contributed by atoms with Crippen LogP contribution in [0.5, 0.6) is 5.75 Å². The third-order valence-electron chi connectivity index (χ3n) is 3.01. The van der Waals surface area contributed by atoms with Gasteiger partial charge in [-0.15, -0.1) is 0 Å². The Balaban J connectivity index is 1.84. The van der Waals surface area contributed by atoms with Crippen molar-refractivity contribution in [3.05, 3.63) is 41.4 Å². The number of halogens is 1. The van der Waals surface area contributed by atoms with E-state index in [4.69, 9.17) is 21.1 Å². The molecule has 98 valence electrons. The molecule has 1 saturated heterocycles. The summed E-state index contributed by atoms with van der Waals surface area (Å²) in [6.07, 6.45) is 4.96. The highest BCUT2D eigenvalue weighted by molar-refractivity contribution is 6.29. The highest BCUT2D eigenvalue weighted by Gasteiger charge is 2.14. The molecule has 3 heteroatoms. The van der Waals surface area contributed by atoms with Crippen LogP contribution >= 0.6 is 11.6 Å². The zero-order chi connectivity index (χ0) is 12.8. The summed E-state index contributed by atoms with van der Waals surface area (Å²) in [6.45, 7) is 4.50. The average Bonchev–Trinajstić information content (AvgIpc) is 2.39. The van der Waals surface area contributed by atoms with Crippen LogP contribution in [0.25, 0.3) is 0 Å². The van der Waals surface area contributed by atoms with E-state index in [9.17, 15) is 0 Å². The lowest BCUT2D eigenvalue weighted by Crippen LogP contribution is -2.24. The minimum absolute atomic E-state index is 0.0766. The fourth-order valence-electron chi connectivity index (χ4n) is 1.97. The predicted molar refractivity (Wildman–Crippen MR) is 74.0 cm³/mol. The first-order valence-electron chi connectivity index (χ1n) is 6.44. The molecule has 0 N–H and O–H groups in total. The number of aryl methyl sites for hydroxylation is 1. The van der Waals surface area contributed by atoms with Gasteiger partial charge in [0.05, 0.1) is 6.61 Å². The van der Waals surface area contributed by atoms with Gasteiger partial charge in [-0.25, -0.2) is 0 Å². The van der Waals surface area contributed by atoms with E-state index in [1.54, 1.807) is 0 Å². The summed E-state index contributed by atoms with van der Waals surface area (Å²) in [5.41, 5.74) is 1.24. The molecular weight excluding hydrogens is 248 g/mol. The van der Waals surface area contributed by atoms with Gasteiger partial charge < -0.3 is 9.47 Å². The molecule has 1 fully saturated rings. The van der Waals surface area contributed by atoms with E-state index in [1.807, 2.05) is 12.1 Å². The molecule has 1 aliphatic heterocycles. The fraction of sp³-hybridized carbons (Fsp3) is 0.467. The molecule has 0 spiro atoms. The molecule has 1 aromatic rings. The van der Waals surface area contributed by atoms with Gasteiger partial charge in [-0.2, -0.15) is 0 Å². The summed E-state index contributed by atoms with van der Waals surface area (Å²) in [7, 11) is 0. The molecule has 1 heterocycles. The molecule has 1 atom stereocenters. The van der Waals surface area contributed by atoms with Gasteiger partial charge in [-0.05, 0) is 43.4 Å². The summed E-state index contributed by atoms with van der Waals surface area (Å²) in [4.78, 5) is 0. The van der Waals surface area contributed by atoms with Gasteiger partial charge >= 0.3 is 0 Å². The van der Waals surface area contributed by atoms with E-state index in [-0.39, 0.29) is 6.29 Å². The van der Waals surface area contributed by atoms with Crippen LogP contribution < -0.4 is 4.74 Å². The van der Waals surface area contributed by atoms with Crippen molar-refractivity contribution in [3.63, 3.8) is 0 Å². The lowest BCUT2D eigenvalue weighted by molar-refractivity contribution is -0.105. The molecule has 1 aliphatic rings. The van der Waals surface area contributed by atoms with Crippen LogP contribution in [0, 0.1) is 0 Å². The maximum atomic E-state index is 5.77. The van der Waals surface area contributed by atoms with E-state index in [0.717, 1.165) is 38.0 Å². The largest absolute Gasteiger partial charge is 0.465 e. The number of ether oxygens (including phenoxy) is 2. The van der Waals surface area contributed by atoms with E-state index >= 15 is 0 Å². The van der Waals surface area contributed by atoms with Crippen LogP contribution in [-0.2, 0) is 11.2 Å². The van der Waals surface area contributed by atoms with Gasteiger partial charge in [-0.1, -0.05) is 30.3 Å². The van der Waals surface area contributed by atoms with Gasteiger partial charge in [0.2, 0.25) is 0 Å². The lowest BCUT2D eigenvalue weighted by atomic mass is 10.1. The first kappa shape index (κ1) is 13.4. The monoisotopic (exact) mass is 266 g/mol. The summed E-state index contributed by atoms with van der Waals surface area (Å²) >= 11 is 5.75. The average molecular weight is 267 g/mol. The van der Waals surface area contributed by atoms with Crippen LogP contribution in [0.15, 0.2) is 35.9 Å². The third kappa shape index (κ3) is 4.35. The van der Waals surface area contributed by atoms with Crippen molar-refractivity contribution >= 4 is 11.6 Å². The Bertz CT molecular complexity index is 380. The van der Waals surface area contributed by atoms with E-state index in [2.05, 4.69) is 18.7 Å². The Kier molecular flexibility index (Phi) is 5.09. The molecule has 0 radical (unpaired) electrons. The SMILES string of the molecule is C=C(Cl)CCc1ccc(OC2CCCCO2)cc1. The minimum atomic E-state index is -0.0766. The van der Waals surface area contributed by atoms with Crippen LogP contribution in [0.4, 0.5) is 0 Å². The van der Waals surface area contributed by atoms with Crippen molar-refractivity contribution in [2.24, 2.45) is 0 Å². The fourth-order valence-corrected chi connectivity index (χ4v) is 2.07. The normalized spacial score (nSPS) is 19.5. The highest BCUT2D eigenvalue weighted by atomic mass is 35.5. The smallest absolute Gasteiger partial charge is 0.199 e. The maximum Gasteiger partial charge on any atom is 0.199 e. The summed E-state index contributed by atoms with van der Waals surface area (Å²) in [5.74, 6) is 0.871. The molecule has 18 heavy (non-hydrogen) atoms. The first-order valence-corrected chi connectivity index (χ1v) is 6.82. The van der Waals surface area contributed by atoms with Gasteiger partial charge in [0.25, 0.3) is 0 Å². The van der Waals surface area contributed by atoms with Gasteiger partial charge in [0, 0.05) is 11.5 Å². The molecule has 2 rings (SSSR count).